The molecule has 148 valence electrons. The molecule has 0 spiro atoms. The molecule has 0 unspecified atom stereocenters. The number of aromatic nitrogens is 1. The second kappa shape index (κ2) is 11.3. The molecular formula is C20H28ClIN4O. The molecule has 0 saturated heterocycles. The van der Waals surface area contributed by atoms with Gasteiger partial charge in [0.2, 0.25) is 0 Å². The summed E-state index contributed by atoms with van der Waals surface area (Å²) >= 11 is 5.81. The first-order valence-electron chi connectivity index (χ1n) is 8.64. The number of nitrogens with one attached hydrogen (secondary N) is 2. The van der Waals surface area contributed by atoms with Gasteiger partial charge in [-0.3, -0.25) is 4.99 Å². The summed E-state index contributed by atoms with van der Waals surface area (Å²) in [4.78, 5) is 8.39. The molecule has 27 heavy (non-hydrogen) atoms. The third-order valence-corrected chi connectivity index (χ3v) is 4.49. The van der Waals surface area contributed by atoms with E-state index in [4.69, 9.17) is 16.3 Å². The van der Waals surface area contributed by atoms with Crippen LogP contribution in [0.4, 0.5) is 0 Å². The largest absolute Gasteiger partial charge is 0.497 e. The van der Waals surface area contributed by atoms with E-state index in [1.54, 1.807) is 26.4 Å². The number of aliphatic imine (C=N–C) groups is 1. The van der Waals surface area contributed by atoms with Crippen LogP contribution in [0.2, 0.25) is 5.15 Å². The number of guanidine groups is 1. The van der Waals surface area contributed by atoms with E-state index in [0.717, 1.165) is 36.8 Å². The lowest BCUT2D eigenvalue weighted by molar-refractivity contribution is 0.411. The first kappa shape index (κ1) is 23.5. The Labute approximate surface area is 184 Å². The zero-order valence-corrected chi connectivity index (χ0v) is 19.3. The summed E-state index contributed by atoms with van der Waals surface area (Å²) in [5, 5.41) is 7.25. The van der Waals surface area contributed by atoms with Gasteiger partial charge >= 0.3 is 0 Å². The van der Waals surface area contributed by atoms with Gasteiger partial charge in [0.1, 0.15) is 10.9 Å². The Morgan fingerprint density at radius 2 is 2.00 bits per heavy atom. The van der Waals surface area contributed by atoms with Crippen LogP contribution in [0.3, 0.4) is 0 Å². The molecule has 0 atom stereocenters. The van der Waals surface area contributed by atoms with Crippen molar-refractivity contribution in [3.05, 3.63) is 58.9 Å². The quantitative estimate of drug-likeness (QED) is 0.260. The number of hydrogen-bond donors (Lipinski definition) is 2. The van der Waals surface area contributed by atoms with Crippen molar-refractivity contribution < 1.29 is 4.74 Å². The predicted molar refractivity (Wildman–Crippen MR) is 124 cm³/mol. The second-order valence-electron chi connectivity index (χ2n) is 6.71. The van der Waals surface area contributed by atoms with Gasteiger partial charge in [-0.05, 0) is 35.7 Å². The highest BCUT2D eigenvalue weighted by Gasteiger charge is 2.21. The van der Waals surface area contributed by atoms with Crippen LogP contribution in [-0.2, 0) is 11.8 Å². The van der Waals surface area contributed by atoms with Gasteiger partial charge in [-0.2, -0.15) is 0 Å². The van der Waals surface area contributed by atoms with E-state index in [9.17, 15) is 0 Å². The Morgan fingerprint density at radius 1 is 1.22 bits per heavy atom. The molecule has 0 radical (unpaired) electrons. The summed E-state index contributed by atoms with van der Waals surface area (Å²) in [7, 11) is 3.46. The molecule has 2 N–H and O–H groups in total. The van der Waals surface area contributed by atoms with Gasteiger partial charge < -0.3 is 15.4 Å². The maximum absolute atomic E-state index is 5.81. The Morgan fingerprint density at radius 3 is 2.63 bits per heavy atom. The van der Waals surface area contributed by atoms with Gasteiger partial charge in [-0.1, -0.05) is 43.6 Å². The number of ether oxygens (including phenoxy) is 1. The number of benzene rings is 1. The van der Waals surface area contributed by atoms with E-state index in [-0.39, 0.29) is 29.4 Å². The van der Waals surface area contributed by atoms with Crippen molar-refractivity contribution in [3.8, 4) is 5.75 Å². The molecule has 0 amide bonds. The van der Waals surface area contributed by atoms with Gasteiger partial charge in [-0.25, -0.2) is 4.98 Å². The predicted octanol–water partition coefficient (Wildman–Crippen LogP) is 4.05. The Kier molecular flexibility index (Phi) is 9.87. The van der Waals surface area contributed by atoms with E-state index in [2.05, 4.69) is 46.6 Å². The Balaban J connectivity index is 0.00000364. The van der Waals surface area contributed by atoms with Gasteiger partial charge in [0, 0.05) is 31.7 Å². The minimum Gasteiger partial charge on any atom is -0.497 e. The van der Waals surface area contributed by atoms with Crippen molar-refractivity contribution in [1.29, 1.82) is 0 Å². The first-order valence-corrected chi connectivity index (χ1v) is 9.02. The fourth-order valence-corrected chi connectivity index (χ4v) is 2.66. The molecule has 0 fully saturated rings. The normalized spacial score (nSPS) is 11.5. The summed E-state index contributed by atoms with van der Waals surface area (Å²) in [5.41, 5.74) is 2.29. The van der Waals surface area contributed by atoms with Crippen LogP contribution in [0.1, 0.15) is 25.0 Å². The number of hydrogen-bond acceptors (Lipinski definition) is 3. The van der Waals surface area contributed by atoms with Crippen molar-refractivity contribution in [2.45, 2.75) is 25.7 Å². The molecule has 0 saturated carbocycles. The van der Waals surface area contributed by atoms with Crippen LogP contribution in [-0.4, -0.2) is 38.2 Å². The zero-order chi connectivity index (χ0) is 19.0. The minimum atomic E-state index is -0.0632. The molecule has 1 heterocycles. The number of pyridine rings is 1. The maximum Gasteiger partial charge on any atom is 0.191 e. The summed E-state index contributed by atoms with van der Waals surface area (Å²) in [6, 6.07) is 12.0. The molecule has 0 aliphatic rings. The first-order chi connectivity index (χ1) is 12.4. The third kappa shape index (κ3) is 7.54. The van der Waals surface area contributed by atoms with Gasteiger partial charge in [0.05, 0.1) is 7.11 Å². The minimum absolute atomic E-state index is 0. The van der Waals surface area contributed by atoms with Crippen LogP contribution in [0.25, 0.3) is 0 Å². The molecule has 0 bridgehead atoms. The summed E-state index contributed by atoms with van der Waals surface area (Å²) in [6.07, 6.45) is 2.65. The highest BCUT2D eigenvalue weighted by Crippen LogP contribution is 2.25. The smallest absolute Gasteiger partial charge is 0.191 e. The maximum atomic E-state index is 5.81. The van der Waals surface area contributed by atoms with Crippen LogP contribution >= 0.6 is 35.6 Å². The van der Waals surface area contributed by atoms with E-state index in [1.165, 1.54) is 5.56 Å². The lowest BCUT2D eigenvalue weighted by atomic mass is 9.84. The molecule has 0 aliphatic carbocycles. The number of halogens is 2. The third-order valence-electron chi connectivity index (χ3n) is 4.27. The average molecular weight is 503 g/mol. The topological polar surface area (TPSA) is 58.5 Å². The van der Waals surface area contributed by atoms with Crippen molar-refractivity contribution >= 4 is 41.5 Å². The van der Waals surface area contributed by atoms with E-state index >= 15 is 0 Å². The van der Waals surface area contributed by atoms with Crippen LogP contribution in [0.15, 0.2) is 47.6 Å². The molecule has 1 aromatic heterocycles. The molecule has 2 aromatic rings. The van der Waals surface area contributed by atoms with Gasteiger partial charge in [-0.15, -0.1) is 24.0 Å². The van der Waals surface area contributed by atoms with Crippen molar-refractivity contribution in [2.24, 2.45) is 4.99 Å². The van der Waals surface area contributed by atoms with E-state index < -0.39 is 0 Å². The lowest BCUT2D eigenvalue weighted by Crippen LogP contribution is -2.44. The van der Waals surface area contributed by atoms with Crippen molar-refractivity contribution in [3.63, 3.8) is 0 Å². The molecule has 1 aromatic carbocycles. The lowest BCUT2D eigenvalue weighted by Gasteiger charge is -2.27. The highest BCUT2D eigenvalue weighted by atomic mass is 127. The number of nitrogens with zero attached hydrogens (tertiary/aromatic N) is 2. The Bertz CT molecular complexity index is 735. The molecular weight excluding hydrogens is 475 g/mol. The van der Waals surface area contributed by atoms with Gasteiger partial charge in [0.25, 0.3) is 0 Å². The second-order valence-corrected chi connectivity index (χ2v) is 7.09. The molecule has 5 nitrogen and oxygen atoms in total. The Hall–Kier alpha value is -1.54. The summed E-state index contributed by atoms with van der Waals surface area (Å²) in [6.45, 7) is 5.91. The average Bonchev–Trinajstić information content (AvgIpc) is 2.66. The number of methoxy groups -OCH3 is 1. The van der Waals surface area contributed by atoms with E-state index in [1.807, 2.05) is 18.2 Å². The number of rotatable bonds is 7. The summed E-state index contributed by atoms with van der Waals surface area (Å²) in [5.74, 6) is 1.65. The fourth-order valence-electron chi connectivity index (χ4n) is 2.55. The van der Waals surface area contributed by atoms with Crippen molar-refractivity contribution in [2.75, 3.05) is 27.2 Å². The van der Waals surface area contributed by atoms with Crippen molar-refractivity contribution in [1.82, 2.24) is 15.6 Å². The van der Waals surface area contributed by atoms with Gasteiger partial charge in [0.15, 0.2) is 5.96 Å². The highest BCUT2D eigenvalue weighted by molar-refractivity contribution is 14.0. The standard InChI is InChI=1S/C20H27ClN4O.HI/c1-20(2,16-6-5-7-17(12-16)26-4)14-25-19(22-3)23-11-10-15-8-9-18(21)24-13-15;/h5-9,12-13H,10-11,14H2,1-4H3,(H2,22,23,25);1H. The molecule has 7 heteroatoms. The monoisotopic (exact) mass is 502 g/mol. The molecule has 0 aliphatic heterocycles. The van der Waals surface area contributed by atoms with E-state index in [0.29, 0.717) is 5.15 Å². The van der Waals surface area contributed by atoms with Crippen LogP contribution in [0.5, 0.6) is 5.75 Å². The SMILES string of the molecule is CN=C(NCCc1ccc(Cl)nc1)NCC(C)(C)c1cccc(OC)c1.I. The fraction of sp³-hybridized carbons (Fsp3) is 0.400. The van der Waals surface area contributed by atoms with Crippen LogP contribution in [0, 0.1) is 0 Å². The zero-order valence-electron chi connectivity index (χ0n) is 16.3. The summed E-state index contributed by atoms with van der Waals surface area (Å²) < 4.78 is 5.33. The van der Waals surface area contributed by atoms with Crippen LogP contribution < -0.4 is 15.4 Å². The molecule has 2 rings (SSSR count).